The number of nitrogens with zero attached hydrogens (tertiary/aromatic N) is 3. The standard InChI is InChI=1S/C11H17N3O4/c1-5-18-10(15)7-14(2)11-12-8(16-3)6-9(13-11)17-4/h6H,5,7H2,1-4H3. The number of rotatable bonds is 6. The van der Waals surface area contributed by atoms with Crippen molar-refractivity contribution in [3.8, 4) is 11.8 Å². The van der Waals surface area contributed by atoms with Crippen LogP contribution >= 0.6 is 0 Å². The predicted molar refractivity (Wildman–Crippen MR) is 65.0 cm³/mol. The van der Waals surface area contributed by atoms with Crippen molar-refractivity contribution in [2.45, 2.75) is 6.92 Å². The zero-order valence-corrected chi connectivity index (χ0v) is 11.0. The molecule has 0 saturated carbocycles. The summed E-state index contributed by atoms with van der Waals surface area (Å²) in [4.78, 5) is 21.1. The van der Waals surface area contributed by atoms with Gasteiger partial charge in [-0.3, -0.25) is 4.79 Å². The molecule has 100 valence electrons. The molecular formula is C11H17N3O4. The summed E-state index contributed by atoms with van der Waals surface area (Å²) >= 11 is 0. The van der Waals surface area contributed by atoms with Crippen LogP contribution in [0.25, 0.3) is 0 Å². The summed E-state index contributed by atoms with van der Waals surface area (Å²) in [6.45, 7) is 2.15. The van der Waals surface area contributed by atoms with Crippen LogP contribution in [0.3, 0.4) is 0 Å². The Balaban J connectivity index is 2.83. The van der Waals surface area contributed by atoms with E-state index in [2.05, 4.69) is 9.97 Å². The van der Waals surface area contributed by atoms with Crippen molar-refractivity contribution >= 4 is 11.9 Å². The van der Waals surface area contributed by atoms with Crippen LogP contribution in [0.15, 0.2) is 6.07 Å². The molecule has 1 rings (SSSR count). The number of esters is 1. The molecule has 0 bridgehead atoms. The van der Waals surface area contributed by atoms with Crippen molar-refractivity contribution in [3.05, 3.63) is 6.07 Å². The summed E-state index contributed by atoms with van der Waals surface area (Å²) in [5, 5.41) is 0. The fraction of sp³-hybridized carbons (Fsp3) is 0.545. The van der Waals surface area contributed by atoms with Crippen LogP contribution in [0.2, 0.25) is 0 Å². The summed E-state index contributed by atoms with van der Waals surface area (Å²) < 4.78 is 14.9. The fourth-order valence-corrected chi connectivity index (χ4v) is 1.24. The molecule has 0 N–H and O–H groups in total. The lowest BCUT2D eigenvalue weighted by atomic mass is 10.5. The normalized spacial score (nSPS) is 9.78. The molecule has 0 saturated heterocycles. The molecule has 0 radical (unpaired) electrons. The zero-order valence-electron chi connectivity index (χ0n) is 11.0. The van der Waals surface area contributed by atoms with Gasteiger partial charge in [0.25, 0.3) is 0 Å². The molecule has 0 aromatic carbocycles. The molecule has 0 spiro atoms. The third-order valence-corrected chi connectivity index (χ3v) is 2.10. The van der Waals surface area contributed by atoms with Gasteiger partial charge in [0.15, 0.2) is 0 Å². The molecule has 0 aliphatic rings. The van der Waals surface area contributed by atoms with Gasteiger partial charge in [0, 0.05) is 7.05 Å². The lowest BCUT2D eigenvalue weighted by Gasteiger charge is -2.16. The molecule has 0 fully saturated rings. The molecule has 0 amide bonds. The average molecular weight is 255 g/mol. The molecule has 0 atom stereocenters. The number of carbonyl (C=O) groups is 1. The van der Waals surface area contributed by atoms with Gasteiger partial charge < -0.3 is 19.1 Å². The van der Waals surface area contributed by atoms with Crippen LogP contribution in [0.1, 0.15) is 6.92 Å². The second-order valence-electron chi connectivity index (χ2n) is 3.41. The van der Waals surface area contributed by atoms with E-state index in [-0.39, 0.29) is 12.5 Å². The minimum Gasteiger partial charge on any atom is -0.481 e. The molecule has 7 nitrogen and oxygen atoms in total. The fourth-order valence-electron chi connectivity index (χ4n) is 1.24. The van der Waals surface area contributed by atoms with Gasteiger partial charge in [-0.2, -0.15) is 9.97 Å². The Kier molecular flexibility index (Phi) is 5.16. The van der Waals surface area contributed by atoms with E-state index in [9.17, 15) is 4.79 Å². The first-order valence-corrected chi connectivity index (χ1v) is 5.44. The van der Waals surface area contributed by atoms with Crippen molar-refractivity contribution < 1.29 is 19.0 Å². The maximum absolute atomic E-state index is 11.4. The van der Waals surface area contributed by atoms with Crippen molar-refractivity contribution in [2.75, 3.05) is 39.3 Å². The van der Waals surface area contributed by atoms with Crippen LogP contribution in [0.5, 0.6) is 11.8 Å². The highest BCUT2D eigenvalue weighted by atomic mass is 16.5. The lowest BCUT2D eigenvalue weighted by molar-refractivity contribution is -0.141. The minimum atomic E-state index is -0.342. The number of ether oxygens (including phenoxy) is 3. The van der Waals surface area contributed by atoms with E-state index in [0.717, 1.165) is 0 Å². The van der Waals surface area contributed by atoms with Crippen molar-refractivity contribution in [1.29, 1.82) is 0 Å². The highest BCUT2D eigenvalue weighted by Gasteiger charge is 2.13. The van der Waals surface area contributed by atoms with Crippen LogP contribution < -0.4 is 14.4 Å². The maximum atomic E-state index is 11.4. The monoisotopic (exact) mass is 255 g/mol. The van der Waals surface area contributed by atoms with E-state index in [1.165, 1.54) is 14.2 Å². The topological polar surface area (TPSA) is 73.8 Å². The second-order valence-corrected chi connectivity index (χ2v) is 3.41. The Bertz CT molecular complexity index is 389. The van der Waals surface area contributed by atoms with Gasteiger partial charge in [-0.25, -0.2) is 0 Å². The van der Waals surface area contributed by atoms with E-state index in [4.69, 9.17) is 14.2 Å². The molecule has 0 unspecified atom stereocenters. The Hall–Kier alpha value is -2.05. The van der Waals surface area contributed by atoms with Crippen molar-refractivity contribution in [2.24, 2.45) is 0 Å². The van der Waals surface area contributed by atoms with Gasteiger partial charge in [0.05, 0.1) is 26.9 Å². The number of anilines is 1. The Morgan fingerprint density at radius 1 is 1.28 bits per heavy atom. The first-order chi connectivity index (χ1) is 8.60. The molecule has 7 heteroatoms. The summed E-state index contributed by atoms with van der Waals surface area (Å²) in [5.41, 5.74) is 0. The zero-order chi connectivity index (χ0) is 13.5. The molecule has 1 aromatic heterocycles. The summed E-state index contributed by atoms with van der Waals surface area (Å²) in [6.07, 6.45) is 0. The van der Waals surface area contributed by atoms with E-state index < -0.39 is 0 Å². The first-order valence-electron chi connectivity index (χ1n) is 5.44. The molecule has 0 aliphatic carbocycles. The van der Waals surface area contributed by atoms with E-state index in [1.54, 1.807) is 24.9 Å². The summed E-state index contributed by atoms with van der Waals surface area (Å²) in [6, 6.07) is 1.56. The summed E-state index contributed by atoms with van der Waals surface area (Å²) in [5.74, 6) is 0.727. The van der Waals surface area contributed by atoms with E-state index in [0.29, 0.717) is 24.3 Å². The number of likely N-dealkylation sites (N-methyl/N-ethyl adjacent to an activating group) is 1. The lowest BCUT2D eigenvalue weighted by Crippen LogP contribution is -2.28. The molecule has 1 heterocycles. The second kappa shape index (κ2) is 6.63. The van der Waals surface area contributed by atoms with Crippen LogP contribution in [-0.2, 0) is 9.53 Å². The Labute approximate surface area is 106 Å². The van der Waals surface area contributed by atoms with Gasteiger partial charge in [0.2, 0.25) is 17.7 Å². The van der Waals surface area contributed by atoms with Gasteiger partial charge >= 0.3 is 5.97 Å². The SMILES string of the molecule is CCOC(=O)CN(C)c1nc(OC)cc(OC)n1. The van der Waals surface area contributed by atoms with Gasteiger partial charge in [-0.1, -0.05) is 0 Å². The number of hydrogen-bond donors (Lipinski definition) is 0. The maximum Gasteiger partial charge on any atom is 0.325 e. The Morgan fingerprint density at radius 2 is 1.83 bits per heavy atom. The minimum absolute atomic E-state index is 0.0597. The van der Waals surface area contributed by atoms with Gasteiger partial charge in [0.1, 0.15) is 6.54 Å². The first kappa shape index (κ1) is 14.0. The highest BCUT2D eigenvalue weighted by molar-refractivity contribution is 5.74. The predicted octanol–water partition coefficient (Wildman–Crippen LogP) is 0.493. The molecular weight excluding hydrogens is 238 g/mol. The average Bonchev–Trinajstić information content (AvgIpc) is 2.38. The molecule has 1 aromatic rings. The number of methoxy groups -OCH3 is 2. The third kappa shape index (κ3) is 3.76. The number of carbonyl (C=O) groups excluding carboxylic acids is 1. The number of aromatic nitrogens is 2. The van der Waals surface area contributed by atoms with Gasteiger partial charge in [-0.05, 0) is 6.92 Å². The summed E-state index contributed by atoms with van der Waals surface area (Å²) in [7, 11) is 4.68. The molecule has 0 aliphatic heterocycles. The van der Waals surface area contributed by atoms with Crippen molar-refractivity contribution in [1.82, 2.24) is 9.97 Å². The third-order valence-electron chi connectivity index (χ3n) is 2.10. The van der Waals surface area contributed by atoms with Crippen LogP contribution in [-0.4, -0.2) is 50.4 Å². The van der Waals surface area contributed by atoms with E-state index in [1.807, 2.05) is 0 Å². The highest BCUT2D eigenvalue weighted by Crippen LogP contribution is 2.19. The molecule has 18 heavy (non-hydrogen) atoms. The quantitative estimate of drug-likeness (QED) is 0.685. The van der Waals surface area contributed by atoms with Gasteiger partial charge in [-0.15, -0.1) is 0 Å². The smallest absolute Gasteiger partial charge is 0.325 e. The van der Waals surface area contributed by atoms with Crippen LogP contribution in [0, 0.1) is 0 Å². The van der Waals surface area contributed by atoms with Crippen LogP contribution in [0.4, 0.5) is 5.95 Å². The number of hydrogen-bond acceptors (Lipinski definition) is 7. The Morgan fingerprint density at radius 3 is 2.28 bits per heavy atom. The van der Waals surface area contributed by atoms with E-state index >= 15 is 0 Å². The largest absolute Gasteiger partial charge is 0.481 e. The van der Waals surface area contributed by atoms with Crippen molar-refractivity contribution in [3.63, 3.8) is 0 Å².